The molecule has 0 atom stereocenters. The van der Waals surface area contributed by atoms with Crippen molar-refractivity contribution in [3.05, 3.63) is 64.4 Å². The molecule has 1 aliphatic rings. The molecule has 0 saturated heterocycles. The summed E-state index contributed by atoms with van der Waals surface area (Å²) in [5.41, 5.74) is 2.87. The summed E-state index contributed by atoms with van der Waals surface area (Å²) in [6, 6.07) is 11.7. The molecule has 1 aromatic carbocycles. The summed E-state index contributed by atoms with van der Waals surface area (Å²) in [7, 11) is 0. The number of aromatic nitrogens is 1. The van der Waals surface area contributed by atoms with Crippen LogP contribution in [0.15, 0.2) is 42.6 Å². The fourth-order valence-corrected chi connectivity index (χ4v) is 2.80. The number of amides is 1. The zero-order chi connectivity index (χ0) is 15.6. The minimum Gasteiger partial charge on any atom is -0.355 e. The Morgan fingerprint density at radius 1 is 1.23 bits per heavy atom. The zero-order valence-electron chi connectivity index (χ0n) is 12.6. The fraction of sp³-hybridized carbons (Fsp3) is 0.333. The van der Waals surface area contributed by atoms with Gasteiger partial charge in [-0.25, -0.2) is 0 Å². The smallest absolute Gasteiger partial charge is 0.230 e. The second-order valence-corrected chi connectivity index (χ2v) is 6.34. The molecule has 1 fully saturated rings. The van der Waals surface area contributed by atoms with Crippen LogP contribution in [0.2, 0.25) is 5.02 Å². The van der Waals surface area contributed by atoms with Gasteiger partial charge in [0.05, 0.1) is 5.41 Å². The molecule has 1 amide bonds. The number of pyridine rings is 1. The molecule has 0 spiro atoms. The van der Waals surface area contributed by atoms with E-state index >= 15 is 0 Å². The highest BCUT2D eigenvalue weighted by Gasteiger charge is 2.50. The summed E-state index contributed by atoms with van der Waals surface area (Å²) in [6.45, 7) is 2.60. The van der Waals surface area contributed by atoms with Gasteiger partial charge < -0.3 is 5.32 Å². The van der Waals surface area contributed by atoms with Crippen molar-refractivity contribution in [2.45, 2.75) is 31.6 Å². The van der Waals surface area contributed by atoms with E-state index in [2.05, 4.69) is 16.4 Å². The Balaban J connectivity index is 1.57. The van der Waals surface area contributed by atoms with Gasteiger partial charge in [-0.1, -0.05) is 29.8 Å². The van der Waals surface area contributed by atoms with E-state index in [1.54, 1.807) is 0 Å². The van der Waals surface area contributed by atoms with Crippen LogP contribution in [0.25, 0.3) is 0 Å². The highest BCUT2D eigenvalue weighted by molar-refractivity contribution is 6.30. The SMILES string of the molecule is Cc1ccc(CCNC(=O)C2(c3ccc(Cl)cc3)CC2)cn1. The predicted octanol–water partition coefficient (Wildman–Crippen LogP) is 3.43. The minimum absolute atomic E-state index is 0.120. The molecule has 0 bridgehead atoms. The number of rotatable bonds is 5. The average molecular weight is 315 g/mol. The Labute approximate surface area is 135 Å². The van der Waals surface area contributed by atoms with Gasteiger partial charge in [-0.3, -0.25) is 9.78 Å². The number of benzene rings is 1. The Morgan fingerprint density at radius 3 is 2.55 bits per heavy atom. The second kappa shape index (κ2) is 6.09. The maximum atomic E-state index is 12.5. The first-order chi connectivity index (χ1) is 10.6. The number of nitrogens with one attached hydrogen (secondary N) is 1. The van der Waals surface area contributed by atoms with Crippen LogP contribution in [0, 0.1) is 6.92 Å². The zero-order valence-corrected chi connectivity index (χ0v) is 13.4. The van der Waals surface area contributed by atoms with Crippen molar-refractivity contribution in [1.29, 1.82) is 0 Å². The van der Waals surface area contributed by atoms with Crippen LogP contribution in [-0.2, 0) is 16.6 Å². The van der Waals surface area contributed by atoms with Crippen LogP contribution in [0.3, 0.4) is 0 Å². The summed E-state index contributed by atoms with van der Waals surface area (Å²) in [4.78, 5) is 16.8. The Morgan fingerprint density at radius 2 is 1.95 bits per heavy atom. The molecule has 3 rings (SSSR count). The first-order valence-electron chi connectivity index (χ1n) is 7.56. The van der Waals surface area contributed by atoms with Crippen molar-refractivity contribution in [3.63, 3.8) is 0 Å². The summed E-state index contributed by atoms with van der Waals surface area (Å²) >= 11 is 5.92. The molecule has 0 aliphatic heterocycles. The Bertz CT molecular complexity index is 660. The standard InChI is InChI=1S/C18H19ClN2O/c1-13-2-3-14(12-21-13)8-11-20-17(22)18(9-10-18)15-4-6-16(19)7-5-15/h2-7,12H,8-11H2,1H3,(H,20,22). The normalized spacial score (nSPS) is 15.4. The van der Waals surface area contributed by atoms with Gasteiger partial charge >= 0.3 is 0 Å². The van der Waals surface area contributed by atoms with Crippen LogP contribution in [0.4, 0.5) is 0 Å². The van der Waals surface area contributed by atoms with E-state index in [0.29, 0.717) is 11.6 Å². The number of halogens is 1. The van der Waals surface area contributed by atoms with E-state index < -0.39 is 0 Å². The van der Waals surface area contributed by atoms with Gasteiger partial charge in [-0.05, 0) is 55.5 Å². The van der Waals surface area contributed by atoms with E-state index in [1.165, 1.54) is 0 Å². The lowest BCUT2D eigenvalue weighted by Gasteiger charge is -2.16. The molecule has 0 unspecified atom stereocenters. The van der Waals surface area contributed by atoms with Gasteiger partial charge in [0, 0.05) is 23.5 Å². The maximum absolute atomic E-state index is 12.5. The number of aryl methyl sites for hydroxylation is 1. The number of hydrogen-bond donors (Lipinski definition) is 1. The lowest BCUT2D eigenvalue weighted by atomic mass is 9.95. The number of carbonyl (C=O) groups excluding carboxylic acids is 1. The van der Waals surface area contributed by atoms with Gasteiger partial charge in [0.15, 0.2) is 0 Å². The molecule has 1 aromatic heterocycles. The van der Waals surface area contributed by atoms with E-state index in [1.807, 2.05) is 43.5 Å². The molecule has 114 valence electrons. The third-order valence-electron chi connectivity index (χ3n) is 4.25. The van der Waals surface area contributed by atoms with Crippen molar-refractivity contribution in [1.82, 2.24) is 10.3 Å². The van der Waals surface area contributed by atoms with E-state index in [-0.39, 0.29) is 11.3 Å². The molecule has 3 nitrogen and oxygen atoms in total. The summed E-state index contributed by atoms with van der Waals surface area (Å²) in [6.07, 6.45) is 4.49. The number of carbonyl (C=O) groups is 1. The number of nitrogens with zero attached hydrogens (tertiary/aromatic N) is 1. The van der Waals surface area contributed by atoms with Crippen LogP contribution in [0.5, 0.6) is 0 Å². The van der Waals surface area contributed by atoms with Gasteiger partial charge in [0.1, 0.15) is 0 Å². The Kier molecular flexibility index (Phi) is 4.16. The van der Waals surface area contributed by atoms with Crippen LogP contribution in [0.1, 0.15) is 29.7 Å². The van der Waals surface area contributed by atoms with Gasteiger partial charge in [-0.15, -0.1) is 0 Å². The molecule has 1 heterocycles. The van der Waals surface area contributed by atoms with E-state index in [9.17, 15) is 4.79 Å². The Hall–Kier alpha value is -1.87. The van der Waals surface area contributed by atoms with Crippen molar-refractivity contribution in [2.24, 2.45) is 0 Å². The second-order valence-electron chi connectivity index (χ2n) is 5.90. The van der Waals surface area contributed by atoms with Crippen molar-refractivity contribution in [3.8, 4) is 0 Å². The summed E-state index contributed by atoms with van der Waals surface area (Å²) in [5.74, 6) is 0.120. The average Bonchev–Trinajstić information content (AvgIpc) is 3.32. The highest BCUT2D eigenvalue weighted by atomic mass is 35.5. The van der Waals surface area contributed by atoms with Crippen molar-refractivity contribution < 1.29 is 4.79 Å². The van der Waals surface area contributed by atoms with Crippen molar-refractivity contribution in [2.75, 3.05) is 6.54 Å². The third-order valence-corrected chi connectivity index (χ3v) is 4.51. The van der Waals surface area contributed by atoms with Gasteiger partial charge in [0.2, 0.25) is 5.91 Å². The van der Waals surface area contributed by atoms with Gasteiger partial charge in [0.25, 0.3) is 0 Å². The van der Waals surface area contributed by atoms with Crippen LogP contribution in [-0.4, -0.2) is 17.4 Å². The topological polar surface area (TPSA) is 42.0 Å². The lowest BCUT2D eigenvalue weighted by molar-refractivity contribution is -0.123. The molecule has 1 saturated carbocycles. The van der Waals surface area contributed by atoms with Crippen LogP contribution >= 0.6 is 11.6 Å². The number of hydrogen-bond acceptors (Lipinski definition) is 2. The molecule has 1 N–H and O–H groups in total. The minimum atomic E-state index is -0.337. The largest absolute Gasteiger partial charge is 0.355 e. The quantitative estimate of drug-likeness (QED) is 0.918. The fourth-order valence-electron chi connectivity index (χ4n) is 2.68. The van der Waals surface area contributed by atoms with Gasteiger partial charge in [-0.2, -0.15) is 0 Å². The monoisotopic (exact) mass is 314 g/mol. The third kappa shape index (κ3) is 3.14. The molecular weight excluding hydrogens is 296 g/mol. The molecule has 22 heavy (non-hydrogen) atoms. The molecule has 0 radical (unpaired) electrons. The van der Waals surface area contributed by atoms with Crippen molar-refractivity contribution >= 4 is 17.5 Å². The summed E-state index contributed by atoms with van der Waals surface area (Å²) in [5, 5.41) is 3.76. The summed E-state index contributed by atoms with van der Waals surface area (Å²) < 4.78 is 0. The molecule has 1 aliphatic carbocycles. The highest BCUT2D eigenvalue weighted by Crippen LogP contribution is 2.48. The predicted molar refractivity (Wildman–Crippen MR) is 88.1 cm³/mol. The molecular formula is C18H19ClN2O. The maximum Gasteiger partial charge on any atom is 0.230 e. The van der Waals surface area contributed by atoms with Crippen LogP contribution < -0.4 is 5.32 Å². The lowest BCUT2D eigenvalue weighted by Crippen LogP contribution is -2.35. The first kappa shape index (κ1) is 15.0. The van der Waals surface area contributed by atoms with E-state index in [4.69, 9.17) is 11.6 Å². The van der Waals surface area contributed by atoms with E-state index in [0.717, 1.165) is 36.1 Å². The first-order valence-corrected chi connectivity index (χ1v) is 7.94. The molecule has 2 aromatic rings. The molecule has 4 heteroatoms.